The second-order valence-corrected chi connectivity index (χ2v) is 4.83. The van der Waals surface area contributed by atoms with Crippen molar-refractivity contribution in [3.8, 4) is 0 Å². The molecule has 0 radical (unpaired) electrons. The Balaban J connectivity index is 1.89. The topological polar surface area (TPSA) is 68.0 Å². The fraction of sp³-hybridized carbons (Fsp3) is 0.538. The summed E-state index contributed by atoms with van der Waals surface area (Å²) >= 11 is 0. The van der Waals surface area contributed by atoms with Crippen LogP contribution in [-0.4, -0.2) is 17.4 Å². The van der Waals surface area contributed by atoms with Gasteiger partial charge in [-0.1, -0.05) is 25.8 Å². The van der Waals surface area contributed by atoms with E-state index in [2.05, 4.69) is 17.2 Å². The Morgan fingerprint density at radius 3 is 3.00 bits per heavy atom. The van der Waals surface area contributed by atoms with Crippen molar-refractivity contribution in [3.63, 3.8) is 0 Å². The van der Waals surface area contributed by atoms with Gasteiger partial charge in [-0.3, -0.25) is 4.79 Å². The molecule has 0 bridgehead atoms. The summed E-state index contributed by atoms with van der Waals surface area (Å²) in [5.41, 5.74) is 5.94. The number of rotatable bonds is 3. The lowest BCUT2D eigenvalue weighted by Gasteiger charge is -2.15. The number of aromatic nitrogens is 1. The van der Waals surface area contributed by atoms with Crippen molar-refractivity contribution in [3.05, 3.63) is 23.9 Å². The molecule has 3 N–H and O–H groups in total. The van der Waals surface area contributed by atoms with Gasteiger partial charge in [-0.05, 0) is 30.4 Å². The number of nitrogens with two attached hydrogens (primary N) is 1. The highest BCUT2D eigenvalue weighted by atomic mass is 16.1. The molecule has 1 amide bonds. The third-order valence-corrected chi connectivity index (χ3v) is 3.57. The fourth-order valence-corrected chi connectivity index (χ4v) is 2.42. The minimum Gasteiger partial charge on any atom is -0.384 e. The van der Waals surface area contributed by atoms with Gasteiger partial charge in [0.05, 0.1) is 0 Å². The average Bonchev–Trinajstić information content (AvgIpc) is 2.72. The Morgan fingerprint density at radius 2 is 2.35 bits per heavy atom. The first-order valence-electron chi connectivity index (χ1n) is 6.17. The Morgan fingerprint density at radius 1 is 1.53 bits per heavy atom. The number of anilines is 1. The molecule has 1 aromatic heterocycles. The average molecular weight is 233 g/mol. The van der Waals surface area contributed by atoms with Crippen LogP contribution >= 0.6 is 0 Å². The number of carbonyl (C=O) groups is 1. The SMILES string of the molecule is CC1CCCC1CNC(=O)c1cccc(N)n1. The maximum absolute atomic E-state index is 11.8. The summed E-state index contributed by atoms with van der Waals surface area (Å²) in [5, 5.41) is 2.94. The number of hydrogen-bond donors (Lipinski definition) is 2. The van der Waals surface area contributed by atoms with Gasteiger partial charge in [0.2, 0.25) is 0 Å². The van der Waals surface area contributed by atoms with Gasteiger partial charge in [0, 0.05) is 6.54 Å². The summed E-state index contributed by atoms with van der Waals surface area (Å²) in [6, 6.07) is 5.11. The van der Waals surface area contributed by atoms with Gasteiger partial charge in [-0.2, -0.15) is 0 Å². The number of amides is 1. The molecule has 1 aromatic rings. The lowest BCUT2D eigenvalue weighted by molar-refractivity contribution is 0.0940. The zero-order valence-electron chi connectivity index (χ0n) is 10.1. The molecule has 1 aliphatic rings. The predicted octanol–water partition coefficient (Wildman–Crippen LogP) is 1.83. The van der Waals surface area contributed by atoms with Crippen molar-refractivity contribution >= 4 is 11.7 Å². The quantitative estimate of drug-likeness (QED) is 0.837. The Bertz CT molecular complexity index is 405. The zero-order valence-corrected chi connectivity index (χ0v) is 10.1. The molecule has 2 unspecified atom stereocenters. The van der Waals surface area contributed by atoms with Gasteiger partial charge in [-0.25, -0.2) is 4.98 Å². The van der Waals surface area contributed by atoms with E-state index in [0.29, 0.717) is 23.3 Å². The zero-order chi connectivity index (χ0) is 12.3. The molecule has 1 saturated carbocycles. The predicted molar refractivity (Wildman–Crippen MR) is 67.5 cm³/mol. The summed E-state index contributed by atoms with van der Waals surface area (Å²) in [7, 11) is 0. The summed E-state index contributed by atoms with van der Waals surface area (Å²) in [6.45, 7) is 3.00. The molecule has 2 atom stereocenters. The largest absolute Gasteiger partial charge is 0.384 e. The Labute approximate surface area is 102 Å². The van der Waals surface area contributed by atoms with Crippen LogP contribution < -0.4 is 11.1 Å². The van der Waals surface area contributed by atoms with Crippen molar-refractivity contribution in [2.75, 3.05) is 12.3 Å². The molecular weight excluding hydrogens is 214 g/mol. The number of hydrogen-bond acceptors (Lipinski definition) is 3. The van der Waals surface area contributed by atoms with Crippen molar-refractivity contribution in [1.82, 2.24) is 10.3 Å². The molecule has 0 spiro atoms. The van der Waals surface area contributed by atoms with Crippen LogP contribution in [0.4, 0.5) is 5.82 Å². The van der Waals surface area contributed by atoms with E-state index in [9.17, 15) is 4.79 Å². The van der Waals surface area contributed by atoms with Gasteiger partial charge in [-0.15, -0.1) is 0 Å². The van der Waals surface area contributed by atoms with E-state index < -0.39 is 0 Å². The molecule has 17 heavy (non-hydrogen) atoms. The first-order chi connectivity index (χ1) is 8.16. The number of pyridine rings is 1. The molecule has 1 fully saturated rings. The van der Waals surface area contributed by atoms with E-state index in [0.717, 1.165) is 6.54 Å². The number of nitrogens with one attached hydrogen (secondary N) is 1. The Kier molecular flexibility index (Phi) is 3.61. The minimum absolute atomic E-state index is 0.128. The van der Waals surface area contributed by atoms with Gasteiger partial charge in [0.25, 0.3) is 5.91 Å². The van der Waals surface area contributed by atoms with Gasteiger partial charge >= 0.3 is 0 Å². The lowest BCUT2D eigenvalue weighted by atomic mass is 9.98. The van der Waals surface area contributed by atoms with Gasteiger partial charge in [0.1, 0.15) is 11.5 Å². The van der Waals surface area contributed by atoms with Gasteiger partial charge < -0.3 is 11.1 Å². The minimum atomic E-state index is -0.128. The van der Waals surface area contributed by atoms with E-state index in [4.69, 9.17) is 5.73 Å². The molecule has 0 aliphatic heterocycles. The monoisotopic (exact) mass is 233 g/mol. The van der Waals surface area contributed by atoms with E-state index in [1.807, 2.05) is 0 Å². The first kappa shape index (κ1) is 11.9. The summed E-state index contributed by atoms with van der Waals surface area (Å²) in [5.74, 6) is 1.58. The first-order valence-corrected chi connectivity index (χ1v) is 6.17. The number of carbonyl (C=O) groups excluding carboxylic acids is 1. The van der Waals surface area contributed by atoms with Crippen LogP contribution in [0.15, 0.2) is 18.2 Å². The number of nitrogens with zero attached hydrogens (tertiary/aromatic N) is 1. The van der Waals surface area contributed by atoms with Crippen LogP contribution in [0, 0.1) is 11.8 Å². The molecule has 4 nitrogen and oxygen atoms in total. The maximum atomic E-state index is 11.8. The molecule has 1 heterocycles. The molecule has 0 aromatic carbocycles. The van der Waals surface area contributed by atoms with Gasteiger partial charge in [0.15, 0.2) is 0 Å². The Hall–Kier alpha value is -1.58. The van der Waals surface area contributed by atoms with Crippen LogP contribution in [0.2, 0.25) is 0 Å². The maximum Gasteiger partial charge on any atom is 0.269 e. The second kappa shape index (κ2) is 5.17. The van der Waals surface area contributed by atoms with Crippen LogP contribution in [0.1, 0.15) is 36.7 Å². The summed E-state index contributed by atoms with van der Waals surface area (Å²) in [4.78, 5) is 15.8. The molecule has 2 rings (SSSR count). The standard InChI is InChI=1S/C13H19N3O/c1-9-4-2-5-10(9)8-15-13(17)11-6-3-7-12(14)16-11/h3,6-7,9-10H,2,4-5,8H2,1H3,(H2,14,16)(H,15,17). The highest BCUT2D eigenvalue weighted by Crippen LogP contribution is 2.30. The molecule has 0 saturated heterocycles. The van der Waals surface area contributed by atoms with E-state index in [-0.39, 0.29) is 5.91 Å². The lowest BCUT2D eigenvalue weighted by Crippen LogP contribution is -2.30. The second-order valence-electron chi connectivity index (χ2n) is 4.83. The van der Waals surface area contributed by atoms with Crippen molar-refractivity contribution in [2.45, 2.75) is 26.2 Å². The molecule has 4 heteroatoms. The fourth-order valence-electron chi connectivity index (χ4n) is 2.42. The smallest absolute Gasteiger partial charge is 0.269 e. The van der Waals surface area contributed by atoms with E-state index in [1.165, 1.54) is 19.3 Å². The van der Waals surface area contributed by atoms with Crippen molar-refractivity contribution in [2.24, 2.45) is 11.8 Å². The number of nitrogen functional groups attached to an aromatic ring is 1. The molecule has 1 aliphatic carbocycles. The third kappa shape index (κ3) is 2.96. The van der Waals surface area contributed by atoms with Crippen LogP contribution in [0.25, 0.3) is 0 Å². The highest BCUT2D eigenvalue weighted by Gasteiger charge is 2.23. The van der Waals surface area contributed by atoms with Crippen LogP contribution in [0.5, 0.6) is 0 Å². The van der Waals surface area contributed by atoms with E-state index >= 15 is 0 Å². The summed E-state index contributed by atoms with van der Waals surface area (Å²) < 4.78 is 0. The van der Waals surface area contributed by atoms with Crippen molar-refractivity contribution < 1.29 is 4.79 Å². The summed E-state index contributed by atoms with van der Waals surface area (Å²) in [6.07, 6.45) is 3.76. The van der Waals surface area contributed by atoms with Crippen LogP contribution in [0.3, 0.4) is 0 Å². The van der Waals surface area contributed by atoms with Crippen molar-refractivity contribution in [1.29, 1.82) is 0 Å². The normalized spacial score (nSPS) is 23.6. The van der Waals surface area contributed by atoms with Crippen LogP contribution in [-0.2, 0) is 0 Å². The molecule has 92 valence electrons. The molecular formula is C13H19N3O. The van der Waals surface area contributed by atoms with E-state index in [1.54, 1.807) is 18.2 Å². The highest BCUT2D eigenvalue weighted by molar-refractivity contribution is 5.92. The third-order valence-electron chi connectivity index (χ3n) is 3.57.